The number of piperidine rings is 1. The van der Waals surface area contributed by atoms with E-state index in [1.807, 2.05) is 4.90 Å². The zero-order valence-electron chi connectivity index (χ0n) is 17.4. The van der Waals surface area contributed by atoms with Gasteiger partial charge in [-0.3, -0.25) is 9.69 Å². The minimum absolute atomic E-state index is 0.181. The molecule has 3 aliphatic rings. The summed E-state index contributed by atoms with van der Waals surface area (Å²) in [5.41, 5.74) is 1.06. The molecule has 0 radical (unpaired) electrons. The van der Waals surface area contributed by atoms with Gasteiger partial charge in [-0.2, -0.15) is 0 Å². The third-order valence-corrected chi connectivity index (χ3v) is 6.98. The Labute approximate surface area is 169 Å². The second kappa shape index (κ2) is 9.35. The molecule has 7 heteroatoms. The molecule has 7 nitrogen and oxygen atoms in total. The zero-order chi connectivity index (χ0) is 19.3. The SMILES string of the molecule is CC(=O)N1CCN(Cc2cn(C3CCN(C4CCCCCC4)CC3)nn2)CC1. The molecule has 1 aromatic rings. The predicted molar refractivity (Wildman–Crippen MR) is 109 cm³/mol. The first kappa shape index (κ1) is 19.8. The smallest absolute Gasteiger partial charge is 0.219 e. The molecule has 1 aliphatic carbocycles. The van der Waals surface area contributed by atoms with E-state index in [-0.39, 0.29) is 5.91 Å². The van der Waals surface area contributed by atoms with Crippen LogP contribution in [0.3, 0.4) is 0 Å². The fourth-order valence-corrected chi connectivity index (χ4v) is 5.15. The number of likely N-dealkylation sites (tertiary alicyclic amines) is 1. The Kier molecular flexibility index (Phi) is 6.62. The van der Waals surface area contributed by atoms with E-state index >= 15 is 0 Å². The Balaban J connectivity index is 1.24. The van der Waals surface area contributed by atoms with Gasteiger partial charge in [-0.05, 0) is 25.7 Å². The lowest BCUT2D eigenvalue weighted by molar-refractivity contribution is -0.130. The van der Waals surface area contributed by atoms with Crippen LogP contribution in [0.5, 0.6) is 0 Å². The quantitative estimate of drug-likeness (QED) is 0.741. The topological polar surface area (TPSA) is 57.5 Å². The van der Waals surface area contributed by atoms with Gasteiger partial charge in [0.05, 0.1) is 17.9 Å². The van der Waals surface area contributed by atoms with Crippen LogP contribution < -0.4 is 0 Å². The molecular weight excluding hydrogens is 352 g/mol. The number of nitrogens with zero attached hydrogens (tertiary/aromatic N) is 6. The molecule has 0 N–H and O–H groups in total. The van der Waals surface area contributed by atoms with Crippen LogP contribution in [0.25, 0.3) is 0 Å². The molecule has 156 valence electrons. The van der Waals surface area contributed by atoms with E-state index < -0.39 is 0 Å². The largest absolute Gasteiger partial charge is 0.340 e. The summed E-state index contributed by atoms with van der Waals surface area (Å²) in [6, 6.07) is 1.32. The lowest BCUT2D eigenvalue weighted by Gasteiger charge is -2.37. The third kappa shape index (κ3) is 4.92. The van der Waals surface area contributed by atoms with Crippen molar-refractivity contribution in [2.24, 2.45) is 0 Å². The molecule has 0 aromatic carbocycles. The maximum Gasteiger partial charge on any atom is 0.219 e. The lowest BCUT2D eigenvalue weighted by Crippen LogP contribution is -2.47. The van der Waals surface area contributed by atoms with E-state index in [1.165, 1.54) is 64.5 Å². The second-order valence-electron chi connectivity index (χ2n) is 8.88. The second-order valence-corrected chi connectivity index (χ2v) is 8.88. The van der Waals surface area contributed by atoms with Crippen molar-refractivity contribution in [1.29, 1.82) is 0 Å². The highest BCUT2D eigenvalue weighted by Gasteiger charge is 2.27. The normalized spacial score (nSPS) is 24.4. The Hall–Kier alpha value is -1.47. The van der Waals surface area contributed by atoms with E-state index in [0.717, 1.165) is 44.5 Å². The summed E-state index contributed by atoms with van der Waals surface area (Å²) in [5, 5.41) is 8.90. The van der Waals surface area contributed by atoms with E-state index in [2.05, 4.69) is 31.0 Å². The number of hydrogen-bond donors (Lipinski definition) is 0. The van der Waals surface area contributed by atoms with E-state index in [1.54, 1.807) is 6.92 Å². The highest BCUT2D eigenvalue weighted by atomic mass is 16.2. The Morgan fingerprint density at radius 1 is 0.929 bits per heavy atom. The number of piperazine rings is 1. The highest BCUT2D eigenvalue weighted by molar-refractivity contribution is 5.73. The molecule has 0 bridgehead atoms. The van der Waals surface area contributed by atoms with Gasteiger partial charge in [0.15, 0.2) is 0 Å². The van der Waals surface area contributed by atoms with Crippen molar-refractivity contribution in [3.8, 4) is 0 Å². The molecule has 2 aliphatic heterocycles. The van der Waals surface area contributed by atoms with Gasteiger partial charge < -0.3 is 9.80 Å². The van der Waals surface area contributed by atoms with Gasteiger partial charge in [0.25, 0.3) is 0 Å². The van der Waals surface area contributed by atoms with Gasteiger partial charge in [-0.1, -0.05) is 30.9 Å². The Morgan fingerprint density at radius 2 is 1.61 bits per heavy atom. The number of carbonyl (C=O) groups excluding carboxylic acids is 1. The molecule has 1 saturated carbocycles. The number of hydrogen-bond acceptors (Lipinski definition) is 5. The number of aromatic nitrogens is 3. The summed E-state index contributed by atoms with van der Waals surface area (Å²) >= 11 is 0. The monoisotopic (exact) mass is 388 g/mol. The fraction of sp³-hybridized carbons (Fsp3) is 0.857. The van der Waals surface area contributed by atoms with Crippen LogP contribution in [0.2, 0.25) is 0 Å². The molecule has 1 amide bonds. The maximum absolute atomic E-state index is 11.5. The number of amides is 1. The first-order valence-corrected chi connectivity index (χ1v) is 11.3. The average Bonchev–Trinajstić information content (AvgIpc) is 3.01. The molecule has 0 atom stereocenters. The van der Waals surface area contributed by atoms with Gasteiger partial charge in [-0.15, -0.1) is 5.10 Å². The van der Waals surface area contributed by atoms with E-state index in [9.17, 15) is 4.79 Å². The van der Waals surface area contributed by atoms with Crippen LogP contribution in [0.1, 0.15) is 70.0 Å². The number of carbonyl (C=O) groups is 1. The van der Waals surface area contributed by atoms with Gasteiger partial charge in [-0.25, -0.2) is 4.68 Å². The molecule has 2 saturated heterocycles. The molecule has 0 unspecified atom stereocenters. The summed E-state index contributed by atoms with van der Waals surface area (Å²) < 4.78 is 2.12. The van der Waals surface area contributed by atoms with Crippen LogP contribution in [0.4, 0.5) is 0 Å². The zero-order valence-corrected chi connectivity index (χ0v) is 17.4. The van der Waals surface area contributed by atoms with Crippen molar-refractivity contribution in [2.75, 3.05) is 39.3 Å². The van der Waals surface area contributed by atoms with Crippen molar-refractivity contribution in [1.82, 2.24) is 29.7 Å². The Bertz CT molecular complexity index is 623. The van der Waals surface area contributed by atoms with Crippen LogP contribution in [-0.2, 0) is 11.3 Å². The van der Waals surface area contributed by atoms with Crippen molar-refractivity contribution in [2.45, 2.75) is 76.9 Å². The molecule has 1 aromatic heterocycles. The lowest BCUT2D eigenvalue weighted by atomic mass is 10.00. The highest BCUT2D eigenvalue weighted by Crippen LogP contribution is 2.28. The van der Waals surface area contributed by atoms with Gasteiger partial charge >= 0.3 is 0 Å². The van der Waals surface area contributed by atoms with Crippen molar-refractivity contribution >= 4 is 5.91 Å². The van der Waals surface area contributed by atoms with Gasteiger partial charge in [0.2, 0.25) is 5.91 Å². The fourth-order valence-electron chi connectivity index (χ4n) is 5.15. The van der Waals surface area contributed by atoms with E-state index in [4.69, 9.17) is 0 Å². The first-order chi connectivity index (χ1) is 13.7. The molecule has 0 spiro atoms. The molecule has 4 rings (SSSR count). The average molecular weight is 389 g/mol. The summed E-state index contributed by atoms with van der Waals surface area (Å²) in [6.45, 7) is 8.40. The van der Waals surface area contributed by atoms with Crippen LogP contribution in [0, 0.1) is 0 Å². The van der Waals surface area contributed by atoms with Crippen LogP contribution in [-0.4, -0.2) is 80.9 Å². The number of rotatable bonds is 4. The molecule has 3 fully saturated rings. The van der Waals surface area contributed by atoms with Crippen molar-refractivity contribution < 1.29 is 4.79 Å². The van der Waals surface area contributed by atoms with Gasteiger partial charge in [0.1, 0.15) is 0 Å². The first-order valence-electron chi connectivity index (χ1n) is 11.3. The molecule has 3 heterocycles. The summed E-state index contributed by atoms with van der Waals surface area (Å²) in [5.74, 6) is 0.181. The summed E-state index contributed by atoms with van der Waals surface area (Å²) in [6.07, 6.45) is 13.0. The standard InChI is InChI=1S/C21H36N6O/c1-18(28)25-14-12-24(13-15-25)16-19-17-27(23-22-19)21-8-10-26(11-9-21)20-6-4-2-3-5-7-20/h17,20-21H,2-16H2,1H3. The Morgan fingerprint density at radius 3 is 2.25 bits per heavy atom. The third-order valence-electron chi connectivity index (χ3n) is 6.98. The molecular formula is C21H36N6O. The minimum atomic E-state index is 0.181. The van der Waals surface area contributed by atoms with Crippen LogP contribution >= 0.6 is 0 Å². The minimum Gasteiger partial charge on any atom is -0.340 e. The summed E-state index contributed by atoms with van der Waals surface area (Å²) in [7, 11) is 0. The van der Waals surface area contributed by atoms with Crippen LogP contribution in [0.15, 0.2) is 6.20 Å². The van der Waals surface area contributed by atoms with Crippen molar-refractivity contribution in [3.63, 3.8) is 0 Å². The summed E-state index contributed by atoms with van der Waals surface area (Å²) in [4.78, 5) is 18.5. The maximum atomic E-state index is 11.5. The molecule has 28 heavy (non-hydrogen) atoms. The van der Waals surface area contributed by atoms with Gasteiger partial charge in [0, 0.05) is 58.8 Å². The van der Waals surface area contributed by atoms with E-state index in [0.29, 0.717) is 6.04 Å². The predicted octanol–water partition coefficient (Wildman–Crippen LogP) is 2.30. The van der Waals surface area contributed by atoms with Crippen molar-refractivity contribution in [3.05, 3.63) is 11.9 Å².